The summed E-state index contributed by atoms with van der Waals surface area (Å²) in [6, 6.07) is 0. The van der Waals surface area contributed by atoms with Crippen LogP contribution < -0.4 is 0 Å². The Morgan fingerprint density at radius 3 is 2.10 bits per heavy atom. The highest BCUT2D eigenvalue weighted by Crippen LogP contribution is 2.25. The molecule has 1 saturated heterocycles. The average Bonchev–Trinajstić information content (AvgIpc) is 2.42. The van der Waals surface area contributed by atoms with Crippen LogP contribution in [-0.2, 0) is 0 Å². The van der Waals surface area contributed by atoms with Crippen molar-refractivity contribution in [2.75, 3.05) is 45.9 Å². The molecule has 0 saturated carbocycles. The van der Waals surface area contributed by atoms with Gasteiger partial charge in [0.25, 0.3) is 0 Å². The van der Waals surface area contributed by atoms with Crippen LogP contribution in [0.4, 0.5) is 0 Å². The van der Waals surface area contributed by atoms with Crippen LogP contribution in [-0.4, -0.2) is 60.8 Å². The van der Waals surface area contributed by atoms with Gasteiger partial charge in [0.1, 0.15) is 0 Å². The fourth-order valence-corrected chi connectivity index (χ4v) is 2.90. The summed E-state index contributed by atoms with van der Waals surface area (Å²) in [5, 5.41) is 9.51. The van der Waals surface area contributed by atoms with Gasteiger partial charge in [-0.2, -0.15) is 0 Å². The summed E-state index contributed by atoms with van der Waals surface area (Å²) in [7, 11) is 0. The second-order valence-electron chi connectivity index (χ2n) is 7.57. The number of nitrogens with zero attached hydrogens (tertiary/aromatic N) is 2. The Hall–Kier alpha value is -0.120. The predicted octanol–water partition coefficient (Wildman–Crippen LogP) is 2.84. The van der Waals surface area contributed by atoms with E-state index in [1.807, 2.05) is 0 Å². The molecule has 0 radical (unpaired) electrons. The van der Waals surface area contributed by atoms with Crippen molar-refractivity contribution >= 4 is 0 Å². The van der Waals surface area contributed by atoms with Gasteiger partial charge in [0, 0.05) is 32.8 Å². The minimum Gasteiger partial charge on any atom is -0.396 e. The first-order chi connectivity index (χ1) is 9.44. The number of likely N-dealkylation sites (N-methyl/N-ethyl adjacent to an activating group) is 1. The van der Waals surface area contributed by atoms with E-state index in [1.165, 1.54) is 65.0 Å². The number of piperazine rings is 1. The third-order valence-electron chi connectivity index (χ3n) is 4.56. The number of aliphatic hydroxyl groups is 1. The molecule has 0 amide bonds. The molecule has 1 heterocycles. The smallest absolute Gasteiger partial charge is 0.0459 e. The second kappa shape index (κ2) is 9.01. The second-order valence-corrected chi connectivity index (χ2v) is 7.57. The number of hydrogen-bond acceptors (Lipinski definition) is 3. The molecule has 3 nitrogen and oxygen atoms in total. The minimum absolute atomic E-state index is 0.361. The molecule has 1 aliphatic rings. The standard InChI is InChI=1S/C17H36N2O/c1-5-18-11-13-19(14-12-18)10-6-7-16(15-20)8-9-17(2,3)4/h16,20H,5-15H2,1-4H3/t16-/m0/s1. The predicted molar refractivity (Wildman–Crippen MR) is 87.1 cm³/mol. The first-order valence-electron chi connectivity index (χ1n) is 8.50. The molecule has 0 aromatic carbocycles. The molecule has 0 bridgehead atoms. The summed E-state index contributed by atoms with van der Waals surface area (Å²) in [5.41, 5.74) is 0.393. The van der Waals surface area contributed by atoms with Crippen LogP contribution in [0.3, 0.4) is 0 Å². The highest BCUT2D eigenvalue weighted by molar-refractivity contribution is 4.72. The van der Waals surface area contributed by atoms with E-state index in [2.05, 4.69) is 37.5 Å². The van der Waals surface area contributed by atoms with Gasteiger partial charge in [-0.05, 0) is 50.1 Å². The van der Waals surface area contributed by atoms with E-state index in [-0.39, 0.29) is 0 Å². The highest BCUT2D eigenvalue weighted by Gasteiger charge is 2.17. The van der Waals surface area contributed by atoms with Crippen molar-refractivity contribution in [3.05, 3.63) is 0 Å². The molecule has 0 aromatic heterocycles. The monoisotopic (exact) mass is 284 g/mol. The Labute approximate surface area is 126 Å². The molecule has 1 rings (SSSR count). The van der Waals surface area contributed by atoms with Gasteiger partial charge < -0.3 is 14.9 Å². The van der Waals surface area contributed by atoms with Gasteiger partial charge >= 0.3 is 0 Å². The molecule has 0 aliphatic carbocycles. The normalized spacial score (nSPS) is 20.2. The van der Waals surface area contributed by atoms with Crippen LogP contribution in [0.5, 0.6) is 0 Å². The van der Waals surface area contributed by atoms with Crippen LogP contribution in [0.25, 0.3) is 0 Å². The SMILES string of the molecule is CCN1CCN(CCC[C@H](CO)CCC(C)(C)C)CC1. The quantitative estimate of drug-likeness (QED) is 0.742. The maximum Gasteiger partial charge on any atom is 0.0459 e. The van der Waals surface area contributed by atoms with Crippen LogP contribution >= 0.6 is 0 Å². The highest BCUT2D eigenvalue weighted by atomic mass is 16.3. The van der Waals surface area contributed by atoms with Crippen molar-refractivity contribution in [1.82, 2.24) is 9.80 Å². The van der Waals surface area contributed by atoms with Crippen LogP contribution in [0.1, 0.15) is 53.4 Å². The first-order valence-corrected chi connectivity index (χ1v) is 8.50. The zero-order valence-electron chi connectivity index (χ0n) is 14.2. The third kappa shape index (κ3) is 7.61. The molecule has 120 valence electrons. The molecule has 1 N–H and O–H groups in total. The van der Waals surface area contributed by atoms with Gasteiger partial charge in [0.2, 0.25) is 0 Å². The van der Waals surface area contributed by atoms with E-state index < -0.39 is 0 Å². The Bertz CT molecular complexity index is 242. The van der Waals surface area contributed by atoms with Gasteiger partial charge in [0.05, 0.1) is 0 Å². The van der Waals surface area contributed by atoms with Gasteiger partial charge in [0.15, 0.2) is 0 Å². The maximum absolute atomic E-state index is 9.51. The van der Waals surface area contributed by atoms with E-state index >= 15 is 0 Å². The van der Waals surface area contributed by atoms with Gasteiger partial charge in [-0.1, -0.05) is 27.7 Å². The Morgan fingerprint density at radius 1 is 1.00 bits per heavy atom. The van der Waals surface area contributed by atoms with Gasteiger partial charge in [-0.15, -0.1) is 0 Å². The summed E-state index contributed by atoms with van der Waals surface area (Å²) >= 11 is 0. The van der Waals surface area contributed by atoms with Crippen molar-refractivity contribution in [3.63, 3.8) is 0 Å². The van der Waals surface area contributed by atoms with Crippen molar-refractivity contribution in [3.8, 4) is 0 Å². The molecule has 1 atom stereocenters. The largest absolute Gasteiger partial charge is 0.396 e. The van der Waals surface area contributed by atoms with Gasteiger partial charge in [-0.25, -0.2) is 0 Å². The van der Waals surface area contributed by atoms with E-state index in [1.54, 1.807) is 0 Å². The summed E-state index contributed by atoms with van der Waals surface area (Å²) in [6.07, 6.45) is 4.80. The molecule has 0 aromatic rings. The zero-order valence-corrected chi connectivity index (χ0v) is 14.2. The van der Waals surface area contributed by atoms with E-state index in [0.717, 1.165) is 0 Å². The lowest BCUT2D eigenvalue weighted by Crippen LogP contribution is -2.46. The van der Waals surface area contributed by atoms with Crippen LogP contribution in [0, 0.1) is 11.3 Å². The third-order valence-corrected chi connectivity index (χ3v) is 4.56. The van der Waals surface area contributed by atoms with E-state index in [4.69, 9.17) is 0 Å². The lowest BCUT2D eigenvalue weighted by molar-refractivity contribution is 0.129. The molecular formula is C17H36N2O. The maximum atomic E-state index is 9.51. The Morgan fingerprint density at radius 2 is 1.60 bits per heavy atom. The fourth-order valence-electron chi connectivity index (χ4n) is 2.90. The van der Waals surface area contributed by atoms with Gasteiger partial charge in [-0.3, -0.25) is 0 Å². The molecular weight excluding hydrogens is 248 g/mol. The Kier molecular flexibility index (Phi) is 8.08. The first kappa shape index (κ1) is 17.9. The topological polar surface area (TPSA) is 26.7 Å². The molecule has 20 heavy (non-hydrogen) atoms. The average molecular weight is 284 g/mol. The summed E-state index contributed by atoms with van der Waals surface area (Å²) in [6.45, 7) is 16.8. The molecule has 1 fully saturated rings. The minimum atomic E-state index is 0.361. The fraction of sp³-hybridized carbons (Fsp3) is 1.00. The lowest BCUT2D eigenvalue weighted by atomic mass is 9.85. The lowest BCUT2D eigenvalue weighted by Gasteiger charge is -2.34. The molecule has 0 unspecified atom stereocenters. The van der Waals surface area contributed by atoms with Crippen molar-refractivity contribution in [2.45, 2.75) is 53.4 Å². The van der Waals surface area contributed by atoms with Crippen LogP contribution in [0.2, 0.25) is 0 Å². The number of hydrogen-bond donors (Lipinski definition) is 1. The van der Waals surface area contributed by atoms with Crippen molar-refractivity contribution in [1.29, 1.82) is 0 Å². The number of aliphatic hydroxyl groups excluding tert-OH is 1. The zero-order chi connectivity index (χ0) is 15.0. The van der Waals surface area contributed by atoms with Crippen LogP contribution in [0.15, 0.2) is 0 Å². The number of rotatable bonds is 8. The summed E-state index contributed by atoms with van der Waals surface area (Å²) in [4.78, 5) is 5.11. The molecule has 1 aliphatic heterocycles. The van der Waals surface area contributed by atoms with Crippen molar-refractivity contribution < 1.29 is 5.11 Å². The Balaban J connectivity index is 2.12. The molecule has 3 heteroatoms. The molecule has 0 spiro atoms. The van der Waals surface area contributed by atoms with E-state index in [9.17, 15) is 5.11 Å². The summed E-state index contributed by atoms with van der Waals surface area (Å²) < 4.78 is 0. The van der Waals surface area contributed by atoms with E-state index in [0.29, 0.717) is 17.9 Å². The van der Waals surface area contributed by atoms with Crippen molar-refractivity contribution in [2.24, 2.45) is 11.3 Å². The summed E-state index contributed by atoms with van der Waals surface area (Å²) in [5.74, 6) is 0.506.